The summed E-state index contributed by atoms with van der Waals surface area (Å²) in [6.07, 6.45) is -2.21. The monoisotopic (exact) mass is 236 g/mol. The van der Waals surface area contributed by atoms with Gasteiger partial charge in [0, 0.05) is 0 Å². The Bertz CT molecular complexity index is 343. The number of nitrogens with zero attached hydrogens (tertiary/aromatic N) is 2. The molecule has 0 fully saturated rings. The highest BCUT2D eigenvalue weighted by molar-refractivity contribution is 7.15. The van der Waals surface area contributed by atoms with Crippen molar-refractivity contribution < 1.29 is 13.6 Å². The zero-order valence-electron chi connectivity index (χ0n) is 7.91. The van der Waals surface area contributed by atoms with Gasteiger partial charge in [0.05, 0.1) is 6.04 Å². The molecule has 15 heavy (non-hydrogen) atoms. The smallest absolute Gasteiger partial charge is 0.291 e. The number of nitrogens with two attached hydrogens (primary N) is 1. The number of rotatable bonds is 4. The van der Waals surface area contributed by atoms with Crippen molar-refractivity contribution in [2.75, 3.05) is 5.32 Å². The van der Waals surface area contributed by atoms with Crippen LogP contribution in [0.2, 0.25) is 0 Å². The molecule has 0 spiro atoms. The van der Waals surface area contributed by atoms with Crippen molar-refractivity contribution in [1.29, 1.82) is 0 Å². The quantitative estimate of drug-likeness (QED) is 0.821. The molecule has 0 saturated heterocycles. The lowest BCUT2D eigenvalue weighted by Gasteiger charge is -2.06. The Labute approximate surface area is 88.7 Å². The van der Waals surface area contributed by atoms with Crippen molar-refractivity contribution in [2.45, 2.75) is 25.8 Å². The van der Waals surface area contributed by atoms with Crippen LogP contribution in [0.4, 0.5) is 13.9 Å². The Hall–Kier alpha value is -1.15. The number of alkyl halides is 2. The summed E-state index contributed by atoms with van der Waals surface area (Å²) in [4.78, 5) is 11.2. The fourth-order valence-electron chi connectivity index (χ4n) is 0.757. The number of halogens is 2. The molecule has 1 atom stereocenters. The number of amides is 1. The summed E-state index contributed by atoms with van der Waals surface area (Å²) < 4.78 is 24.2. The zero-order chi connectivity index (χ0) is 11.4. The summed E-state index contributed by atoms with van der Waals surface area (Å²) in [5.41, 5.74) is 5.43. The number of hydrogen-bond donors (Lipinski definition) is 2. The van der Waals surface area contributed by atoms with Gasteiger partial charge in [-0.25, -0.2) is 8.78 Å². The van der Waals surface area contributed by atoms with E-state index in [-0.39, 0.29) is 5.13 Å². The first-order chi connectivity index (χ1) is 7.04. The van der Waals surface area contributed by atoms with E-state index < -0.39 is 23.4 Å². The number of aromatic nitrogens is 2. The predicted octanol–water partition coefficient (Wildman–Crippen LogP) is 1.15. The lowest BCUT2D eigenvalue weighted by Crippen LogP contribution is -2.34. The van der Waals surface area contributed by atoms with Crippen molar-refractivity contribution in [3.8, 4) is 0 Å². The van der Waals surface area contributed by atoms with Gasteiger partial charge in [0.2, 0.25) is 11.0 Å². The molecule has 84 valence electrons. The minimum absolute atomic E-state index is 0.0409. The van der Waals surface area contributed by atoms with Gasteiger partial charge in [0.1, 0.15) is 0 Å². The van der Waals surface area contributed by atoms with Crippen LogP contribution >= 0.6 is 11.3 Å². The molecule has 0 aliphatic rings. The molecule has 1 aromatic rings. The van der Waals surface area contributed by atoms with E-state index in [2.05, 4.69) is 15.5 Å². The first-order valence-corrected chi connectivity index (χ1v) is 5.04. The highest BCUT2D eigenvalue weighted by atomic mass is 32.1. The summed E-state index contributed by atoms with van der Waals surface area (Å²) in [7, 11) is 0. The average molecular weight is 236 g/mol. The summed E-state index contributed by atoms with van der Waals surface area (Å²) in [6, 6.07) is -0.663. The van der Waals surface area contributed by atoms with Crippen LogP contribution in [0.15, 0.2) is 0 Å². The third kappa shape index (κ3) is 3.17. The standard InChI is InChI=1S/C7H10F2N4OS/c1-2-3(10)5(14)11-7-13-12-6(15-7)4(8)9/h3-4H,2,10H2,1H3,(H,11,13,14)/t3-/m0/s1. The molecule has 8 heteroatoms. The third-order valence-corrected chi connectivity index (χ3v) is 2.48. The Morgan fingerprint density at radius 1 is 1.60 bits per heavy atom. The minimum Gasteiger partial charge on any atom is -0.320 e. The van der Waals surface area contributed by atoms with E-state index in [4.69, 9.17) is 5.73 Å². The van der Waals surface area contributed by atoms with E-state index in [0.29, 0.717) is 17.8 Å². The lowest BCUT2D eigenvalue weighted by molar-refractivity contribution is -0.117. The van der Waals surface area contributed by atoms with E-state index >= 15 is 0 Å². The Balaban J connectivity index is 2.61. The maximum absolute atomic E-state index is 12.1. The van der Waals surface area contributed by atoms with Crippen molar-refractivity contribution in [2.24, 2.45) is 5.73 Å². The van der Waals surface area contributed by atoms with Gasteiger partial charge in [-0.3, -0.25) is 10.1 Å². The molecular formula is C7H10F2N4OS. The SMILES string of the molecule is CC[C@H](N)C(=O)Nc1nnc(C(F)F)s1. The van der Waals surface area contributed by atoms with Crippen LogP contribution < -0.4 is 11.1 Å². The molecule has 0 radical (unpaired) electrons. The number of hydrogen-bond acceptors (Lipinski definition) is 5. The Morgan fingerprint density at radius 2 is 2.27 bits per heavy atom. The molecule has 0 unspecified atom stereocenters. The van der Waals surface area contributed by atoms with E-state index in [0.717, 1.165) is 0 Å². The van der Waals surface area contributed by atoms with Crippen LogP contribution in [-0.2, 0) is 4.79 Å². The van der Waals surface area contributed by atoms with Crippen molar-refractivity contribution in [1.82, 2.24) is 10.2 Å². The fourth-order valence-corrected chi connectivity index (χ4v) is 1.36. The molecule has 0 aliphatic carbocycles. The van der Waals surface area contributed by atoms with Crippen LogP contribution in [0.25, 0.3) is 0 Å². The molecule has 3 N–H and O–H groups in total. The second kappa shape index (κ2) is 5.08. The second-order valence-electron chi connectivity index (χ2n) is 2.75. The number of anilines is 1. The van der Waals surface area contributed by atoms with Gasteiger partial charge in [-0.2, -0.15) is 0 Å². The predicted molar refractivity (Wildman–Crippen MR) is 51.8 cm³/mol. The Kier molecular flexibility index (Phi) is 4.04. The van der Waals surface area contributed by atoms with Gasteiger partial charge in [0.15, 0.2) is 5.01 Å². The summed E-state index contributed by atoms with van der Waals surface area (Å²) in [5.74, 6) is -0.450. The van der Waals surface area contributed by atoms with Gasteiger partial charge in [-0.05, 0) is 6.42 Å². The largest absolute Gasteiger partial charge is 0.320 e. The van der Waals surface area contributed by atoms with Crippen molar-refractivity contribution in [3.05, 3.63) is 5.01 Å². The first kappa shape index (κ1) is 11.9. The van der Waals surface area contributed by atoms with Crippen molar-refractivity contribution >= 4 is 22.4 Å². The molecule has 5 nitrogen and oxygen atoms in total. The lowest BCUT2D eigenvalue weighted by atomic mass is 10.2. The normalized spacial score (nSPS) is 12.9. The second-order valence-corrected chi connectivity index (χ2v) is 3.76. The molecule has 0 aromatic carbocycles. The molecule has 1 heterocycles. The van der Waals surface area contributed by atoms with Gasteiger partial charge in [-0.15, -0.1) is 10.2 Å². The molecule has 0 bridgehead atoms. The van der Waals surface area contributed by atoms with E-state index in [1.165, 1.54) is 0 Å². The molecule has 0 saturated carbocycles. The van der Waals surface area contributed by atoms with Crippen LogP contribution in [-0.4, -0.2) is 22.1 Å². The van der Waals surface area contributed by atoms with E-state index in [1.54, 1.807) is 6.92 Å². The fraction of sp³-hybridized carbons (Fsp3) is 0.571. The maximum atomic E-state index is 12.1. The van der Waals surface area contributed by atoms with Gasteiger partial charge >= 0.3 is 0 Å². The number of nitrogens with one attached hydrogen (secondary N) is 1. The number of carbonyl (C=O) groups excluding carboxylic acids is 1. The first-order valence-electron chi connectivity index (χ1n) is 4.22. The van der Waals surface area contributed by atoms with Crippen LogP contribution in [0.1, 0.15) is 24.8 Å². The highest BCUT2D eigenvalue weighted by Crippen LogP contribution is 2.24. The van der Waals surface area contributed by atoms with E-state index in [9.17, 15) is 13.6 Å². The average Bonchev–Trinajstić information content (AvgIpc) is 2.65. The molecule has 1 aromatic heterocycles. The highest BCUT2D eigenvalue weighted by Gasteiger charge is 2.17. The van der Waals surface area contributed by atoms with E-state index in [1.807, 2.05) is 0 Å². The summed E-state index contributed by atoms with van der Waals surface area (Å²) in [5, 5.41) is 8.55. The van der Waals surface area contributed by atoms with Crippen molar-refractivity contribution in [3.63, 3.8) is 0 Å². The minimum atomic E-state index is -2.67. The molecule has 0 aliphatic heterocycles. The van der Waals surface area contributed by atoms with Crippen LogP contribution in [0, 0.1) is 0 Å². The Morgan fingerprint density at radius 3 is 2.73 bits per heavy atom. The number of carbonyl (C=O) groups is 1. The molecule has 1 amide bonds. The maximum Gasteiger partial charge on any atom is 0.291 e. The summed E-state index contributed by atoms with van der Waals surface area (Å²) in [6.45, 7) is 1.74. The van der Waals surface area contributed by atoms with Crippen LogP contribution in [0.5, 0.6) is 0 Å². The summed E-state index contributed by atoms with van der Waals surface area (Å²) >= 11 is 0.637. The third-order valence-electron chi connectivity index (χ3n) is 1.63. The van der Waals surface area contributed by atoms with Gasteiger partial charge in [0.25, 0.3) is 6.43 Å². The molecular weight excluding hydrogens is 226 g/mol. The topological polar surface area (TPSA) is 80.9 Å². The van der Waals surface area contributed by atoms with Gasteiger partial charge < -0.3 is 5.73 Å². The van der Waals surface area contributed by atoms with Crippen LogP contribution in [0.3, 0.4) is 0 Å². The molecule has 1 rings (SSSR count). The van der Waals surface area contributed by atoms with Gasteiger partial charge in [-0.1, -0.05) is 18.3 Å². The zero-order valence-corrected chi connectivity index (χ0v) is 8.72.